The van der Waals surface area contributed by atoms with Gasteiger partial charge in [-0.2, -0.15) is 5.10 Å². The Hall–Kier alpha value is -1.95. The zero-order valence-electron chi connectivity index (χ0n) is 11.1. The Bertz CT molecular complexity index is 659. The van der Waals surface area contributed by atoms with Crippen molar-refractivity contribution in [2.45, 2.75) is 19.9 Å². The van der Waals surface area contributed by atoms with E-state index < -0.39 is 0 Å². The Morgan fingerprint density at radius 1 is 1.53 bits per heavy atom. The maximum atomic E-state index is 12.1. The van der Waals surface area contributed by atoms with Crippen LogP contribution in [0.5, 0.6) is 0 Å². The summed E-state index contributed by atoms with van der Waals surface area (Å²) in [6.45, 7) is 3.83. The maximum Gasteiger partial charge on any atom is 0.251 e. The second-order valence-electron chi connectivity index (χ2n) is 4.51. The first-order chi connectivity index (χ1) is 8.99. The predicted molar refractivity (Wildman–Crippen MR) is 75.5 cm³/mol. The van der Waals surface area contributed by atoms with Crippen LogP contribution in [0.15, 0.2) is 24.3 Å². The molecule has 0 aliphatic carbocycles. The van der Waals surface area contributed by atoms with Gasteiger partial charge in [-0.1, -0.05) is 17.7 Å². The summed E-state index contributed by atoms with van der Waals surface area (Å²) in [6, 6.07) is 7.25. The Labute approximate surface area is 116 Å². The molecular formula is C13H16N4OS. The number of hydrogen-bond donors (Lipinski definition) is 2. The molecule has 2 N–H and O–H groups in total. The third-order valence-electron chi connectivity index (χ3n) is 2.93. The lowest BCUT2D eigenvalue weighted by Gasteiger charge is -2.13. The van der Waals surface area contributed by atoms with Crippen LogP contribution < -0.4 is 5.32 Å². The van der Waals surface area contributed by atoms with E-state index in [1.807, 2.05) is 39.1 Å². The standard InChI is InChI=1S/C13H16N4OS/c1-8-5-4-6-10(7-8)12(18)14-9(2)11-15-16-13(19)17(11)3/h4-7,9H,1-3H3,(H,14,18)(H,16,19)/t9-/m0/s1. The van der Waals surface area contributed by atoms with Crippen molar-refractivity contribution in [3.8, 4) is 0 Å². The minimum absolute atomic E-state index is 0.120. The van der Waals surface area contributed by atoms with E-state index in [0.29, 0.717) is 16.2 Å². The number of H-pyrrole nitrogens is 1. The molecule has 0 aliphatic heterocycles. The number of benzene rings is 1. The molecule has 1 amide bonds. The van der Waals surface area contributed by atoms with Crippen LogP contribution in [0, 0.1) is 11.7 Å². The second-order valence-corrected chi connectivity index (χ2v) is 4.90. The fourth-order valence-corrected chi connectivity index (χ4v) is 2.02. The van der Waals surface area contributed by atoms with E-state index in [2.05, 4.69) is 15.5 Å². The molecule has 6 heteroatoms. The van der Waals surface area contributed by atoms with Crippen molar-refractivity contribution >= 4 is 18.1 Å². The lowest BCUT2D eigenvalue weighted by molar-refractivity contribution is 0.0937. The van der Waals surface area contributed by atoms with Crippen LogP contribution in [0.25, 0.3) is 0 Å². The molecular weight excluding hydrogens is 260 g/mol. The number of rotatable bonds is 3. The summed E-state index contributed by atoms with van der Waals surface area (Å²) in [5.41, 5.74) is 1.70. The third-order valence-corrected chi connectivity index (χ3v) is 3.29. The van der Waals surface area contributed by atoms with Crippen LogP contribution >= 0.6 is 12.2 Å². The quantitative estimate of drug-likeness (QED) is 0.845. The topological polar surface area (TPSA) is 62.7 Å². The molecule has 19 heavy (non-hydrogen) atoms. The molecule has 1 aromatic heterocycles. The third kappa shape index (κ3) is 2.90. The molecule has 5 nitrogen and oxygen atoms in total. The van der Waals surface area contributed by atoms with Crippen LogP contribution in [-0.4, -0.2) is 20.7 Å². The molecule has 0 fully saturated rings. The Morgan fingerprint density at radius 3 is 2.84 bits per heavy atom. The zero-order valence-corrected chi connectivity index (χ0v) is 11.9. The van der Waals surface area contributed by atoms with Gasteiger partial charge in [-0.15, -0.1) is 0 Å². The number of carbonyl (C=O) groups is 1. The monoisotopic (exact) mass is 276 g/mol. The van der Waals surface area contributed by atoms with Gasteiger partial charge in [0.2, 0.25) is 0 Å². The minimum Gasteiger partial charge on any atom is -0.342 e. The summed E-state index contributed by atoms with van der Waals surface area (Å²) in [7, 11) is 1.82. The maximum absolute atomic E-state index is 12.1. The minimum atomic E-state index is -0.217. The zero-order chi connectivity index (χ0) is 14.0. The molecule has 1 atom stereocenters. The molecule has 0 unspecified atom stereocenters. The second kappa shape index (κ2) is 5.36. The van der Waals surface area contributed by atoms with Gasteiger partial charge in [0.05, 0.1) is 6.04 Å². The average molecular weight is 276 g/mol. The van der Waals surface area contributed by atoms with Crippen molar-refractivity contribution in [2.75, 3.05) is 0 Å². The number of nitrogens with zero attached hydrogens (tertiary/aromatic N) is 2. The summed E-state index contributed by atoms with van der Waals surface area (Å²) in [4.78, 5) is 12.1. The summed E-state index contributed by atoms with van der Waals surface area (Å²) in [5.74, 6) is 0.580. The van der Waals surface area contributed by atoms with Gasteiger partial charge in [0.25, 0.3) is 5.91 Å². The van der Waals surface area contributed by atoms with E-state index in [9.17, 15) is 4.79 Å². The van der Waals surface area contributed by atoms with Crippen molar-refractivity contribution in [3.05, 3.63) is 46.0 Å². The predicted octanol–water partition coefficient (Wildman–Crippen LogP) is 2.28. The molecule has 0 bridgehead atoms. The van der Waals surface area contributed by atoms with Gasteiger partial charge in [0, 0.05) is 12.6 Å². The first-order valence-electron chi connectivity index (χ1n) is 5.98. The number of aryl methyl sites for hydroxylation is 1. The summed E-state index contributed by atoms with van der Waals surface area (Å²) < 4.78 is 2.28. The lowest BCUT2D eigenvalue weighted by atomic mass is 10.1. The van der Waals surface area contributed by atoms with E-state index in [1.165, 1.54) is 0 Å². The first kappa shape index (κ1) is 13.5. The molecule has 100 valence electrons. The fraction of sp³-hybridized carbons (Fsp3) is 0.308. The van der Waals surface area contributed by atoms with Gasteiger partial charge in [-0.3, -0.25) is 9.89 Å². The molecule has 2 aromatic rings. The average Bonchev–Trinajstić information content (AvgIpc) is 2.70. The smallest absolute Gasteiger partial charge is 0.251 e. The van der Waals surface area contributed by atoms with Gasteiger partial charge in [-0.05, 0) is 38.2 Å². The van der Waals surface area contributed by atoms with Crippen LogP contribution in [0.1, 0.15) is 34.7 Å². The van der Waals surface area contributed by atoms with E-state index in [-0.39, 0.29) is 11.9 Å². The van der Waals surface area contributed by atoms with Gasteiger partial charge in [-0.25, -0.2) is 0 Å². The van der Waals surface area contributed by atoms with E-state index >= 15 is 0 Å². The van der Waals surface area contributed by atoms with Gasteiger partial charge in [0.1, 0.15) is 0 Å². The number of aromatic amines is 1. The molecule has 0 saturated carbocycles. The molecule has 1 heterocycles. The van der Waals surface area contributed by atoms with Gasteiger partial charge < -0.3 is 9.88 Å². The molecule has 0 radical (unpaired) electrons. The largest absolute Gasteiger partial charge is 0.342 e. The molecule has 1 aromatic carbocycles. The van der Waals surface area contributed by atoms with Crippen LogP contribution in [0.4, 0.5) is 0 Å². The van der Waals surface area contributed by atoms with Crippen molar-refractivity contribution in [2.24, 2.45) is 7.05 Å². The van der Waals surface area contributed by atoms with E-state index in [1.54, 1.807) is 10.6 Å². The highest BCUT2D eigenvalue weighted by Gasteiger charge is 2.15. The Balaban J connectivity index is 2.15. The number of amides is 1. The number of nitrogens with one attached hydrogen (secondary N) is 2. The normalized spacial score (nSPS) is 12.2. The summed E-state index contributed by atoms with van der Waals surface area (Å²) >= 11 is 5.05. The fourth-order valence-electron chi connectivity index (χ4n) is 1.88. The number of hydrogen-bond acceptors (Lipinski definition) is 3. The van der Waals surface area contributed by atoms with Crippen LogP contribution in [0.3, 0.4) is 0 Å². The molecule has 2 rings (SSSR count). The molecule has 0 spiro atoms. The SMILES string of the molecule is Cc1cccc(C(=O)N[C@@H](C)c2n[nH]c(=S)n2C)c1. The number of aromatic nitrogens is 3. The molecule has 0 aliphatic rings. The van der Waals surface area contributed by atoms with Crippen molar-refractivity contribution in [1.29, 1.82) is 0 Å². The summed E-state index contributed by atoms with van der Waals surface area (Å²) in [5, 5.41) is 9.72. The highest BCUT2D eigenvalue weighted by molar-refractivity contribution is 7.71. The molecule has 0 saturated heterocycles. The van der Waals surface area contributed by atoms with E-state index in [4.69, 9.17) is 12.2 Å². The Morgan fingerprint density at radius 2 is 2.26 bits per heavy atom. The Kier molecular flexibility index (Phi) is 3.80. The van der Waals surface area contributed by atoms with E-state index in [0.717, 1.165) is 5.56 Å². The highest BCUT2D eigenvalue weighted by atomic mass is 32.1. The number of carbonyl (C=O) groups excluding carboxylic acids is 1. The first-order valence-corrected chi connectivity index (χ1v) is 6.38. The van der Waals surface area contributed by atoms with Gasteiger partial charge >= 0.3 is 0 Å². The van der Waals surface area contributed by atoms with Crippen LogP contribution in [0.2, 0.25) is 0 Å². The van der Waals surface area contributed by atoms with Crippen molar-refractivity contribution < 1.29 is 4.79 Å². The van der Waals surface area contributed by atoms with Crippen LogP contribution in [-0.2, 0) is 7.05 Å². The highest BCUT2D eigenvalue weighted by Crippen LogP contribution is 2.10. The van der Waals surface area contributed by atoms with Gasteiger partial charge in [0.15, 0.2) is 10.6 Å². The van der Waals surface area contributed by atoms with Crippen molar-refractivity contribution in [3.63, 3.8) is 0 Å². The lowest BCUT2D eigenvalue weighted by Crippen LogP contribution is -2.28. The van der Waals surface area contributed by atoms with Crippen molar-refractivity contribution in [1.82, 2.24) is 20.1 Å². The summed E-state index contributed by atoms with van der Waals surface area (Å²) in [6.07, 6.45) is 0.